The van der Waals surface area contributed by atoms with E-state index in [4.69, 9.17) is 16.7 Å². The molecule has 1 amide bonds. The van der Waals surface area contributed by atoms with Crippen LogP contribution < -0.4 is 0 Å². The van der Waals surface area contributed by atoms with E-state index in [0.717, 1.165) is 4.90 Å². The SMILES string of the molecule is O=C(c1cc2ccccc2c(Cl)n1)N(CCO)CC(F)F. The Hall–Kier alpha value is -1.79. The van der Waals surface area contributed by atoms with Gasteiger partial charge in [0.2, 0.25) is 0 Å². The number of carbonyl (C=O) groups is 1. The maximum Gasteiger partial charge on any atom is 0.272 e. The molecule has 0 saturated carbocycles. The molecule has 0 aliphatic heterocycles. The number of hydrogen-bond donors (Lipinski definition) is 1. The maximum absolute atomic E-state index is 12.5. The van der Waals surface area contributed by atoms with Gasteiger partial charge in [-0.1, -0.05) is 35.9 Å². The van der Waals surface area contributed by atoms with Crippen LogP contribution in [0.2, 0.25) is 5.15 Å². The molecule has 1 heterocycles. The van der Waals surface area contributed by atoms with Gasteiger partial charge in [-0.3, -0.25) is 4.79 Å². The zero-order valence-corrected chi connectivity index (χ0v) is 11.7. The van der Waals surface area contributed by atoms with Crippen molar-refractivity contribution in [3.05, 3.63) is 41.2 Å². The van der Waals surface area contributed by atoms with Gasteiger partial charge in [-0.25, -0.2) is 13.8 Å². The minimum atomic E-state index is -2.68. The van der Waals surface area contributed by atoms with Crippen LogP contribution in [0.3, 0.4) is 0 Å². The molecule has 2 rings (SSSR count). The highest BCUT2D eigenvalue weighted by Crippen LogP contribution is 2.23. The molecule has 0 aliphatic rings. The maximum atomic E-state index is 12.5. The van der Waals surface area contributed by atoms with Crippen molar-refractivity contribution in [3.63, 3.8) is 0 Å². The standard InChI is InChI=1S/C14H13ClF2N2O2/c15-13-10-4-2-1-3-9(10)7-11(18-13)14(21)19(5-6-20)8-12(16)17/h1-4,7,12,20H,5-6,8H2. The van der Waals surface area contributed by atoms with Gasteiger partial charge in [0, 0.05) is 11.9 Å². The summed E-state index contributed by atoms with van der Waals surface area (Å²) in [6.45, 7) is -1.35. The molecule has 0 bridgehead atoms. The van der Waals surface area contributed by atoms with Crippen molar-refractivity contribution in [1.82, 2.24) is 9.88 Å². The van der Waals surface area contributed by atoms with Crippen molar-refractivity contribution >= 4 is 28.3 Å². The molecule has 0 fully saturated rings. The molecule has 1 aromatic heterocycles. The van der Waals surface area contributed by atoms with Gasteiger partial charge >= 0.3 is 0 Å². The highest BCUT2D eigenvalue weighted by molar-refractivity contribution is 6.34. The van der Waals surface area contributed by atoms with E-state index in [2.05, 4.69) is 4.98 Å². The van der Waals surface area contributed by atoms with E-state index in [0.29, 0.717) is 10.8 Å². The van der Waals surface area contributed by atoms with E-state index in [1.165, 1.54) is 6.07 Å². The minimum Gasteiger partial charge on any atom is -0.395 e. The first kappa shape index (κ1) is 15.6. The van der Waals surface area contributed by atoms with E-state index in [1.807, 2.05) is 0 Å². The van der Waals surface area contributed by atoms with Crippen molar-refractivity contribution in [3.8, 4) is 0 Å². The third-order valence-corrected chi connectivity index (χ3v) is 3.22. The fourth-order valence-electron chi connectivity index (χ4n) is 1.99. The summed E-state index contributed by atoms with van der Waals surface area (Å²) >= 11 is 6.01. The number of nitrogens with zero attached hydrogens (tertiary/aromatic N) is 2. The molecule has 7 heteroatoms. The van der Waals surface area contributed by atoms with Crippen LogP contribution in [0.5, 0.6) is 0 Å². The normalized spacial score (nSPS) is 11.1. The average Bonchev–Trinajstić information content (AvgIpc) is 2.45. The van der Waals surface area contributed by atoms with Gasteiger partial charge in [0.25, 0.3) is 12.3 Å². The van der Waals surface area contributed by atoms with Gasteiger partial charge in [0.05, 0.1) is 13.2 Å². The molecule has 2 aromatic rings. The Morgan fingerprint density at radius 2 is 2.10 bits per heavy atom. The number of halogens is 3. The summed E-state index contributed by atoms with van der Waals surface area (Å²) in [4.78, 5) is 17.0. The van der Waals surface area contributed by atoms with E-state index >= 15 is 0 Å². The molecule has 0 unspecified atom stereocenters. The second-order valence-corrected chi connectivity index (χ2v) is 4.74. The zero-order valence-electron chi connectivity index (χ0n) is 11.0. The van der Waals surface area contributed by atoms with Gasteiger partial charge < -0.3 is 10.0 Å². The molecule has 4 nitrogen and oxygen atoms in total. The fraction of sp³-hybridized carbons (Fsp3) is 0.286. The van der Waals surface area contributed by atoms with E-state index < -0.39 is 25.5 Å². The van der Waals surface area contributed by atoms with Gasteiger partial charge in [-0.2, -0.15) is 0 Å². The molecule has 0 radical (unpaired) electrons. The molecular weight excluding hydrogens is 302 g/mol. The quantitative estimate of drug-likeness (QED) is 0.863. The Morgan fingerprint density at radius 3 is 2.76 bits per heavy atom. The fourth-order valence-corrected chi connectivity index (χ4v) is 2.25. The van der Waals surface area contributed by atoms with Crippen LogP contribution in [-0.4, -0.2) is 47.0 Å². The molecule has 0 atom stereocenters. The lowest BCUT2D eigenvalue weighted by atomic mass is 10.1. The monoisotopic (exact) mass is 314 g/mol. The summed E-state index contributed by atoms with van der Waals surface area (Å²) in [6.07, 6.45) is -2.68. The van der Waals surface area contributed by atoms with Gasteiger partial charge in [-0.05, 0) is 11.5 Å². The first-order chi connectivity index (χ1) is 10.0. The van der Waals surface area contributed by atoms with E-state index in [1.54, 1.807) is 24.3 Å². The molecule has 0 spiro atoms. The van der Waals surface area contributed by atoms with Crippen molar-refractivity contribution < 1.29 is 18.7 Å². The smallest absolute Gasteiger partial charge is 0.272 e. The van der Waals surface area contributed by atoms with Crippen molar-refractivity contribution in [2.45, 2.75) is 6.43 Å². The van der Waals surface area contributed by atoms with Gasteiger partial charge in [0.1, 0.15) is 10.8 Å². The Balaban J connectivity index is 2.37. The Morgan fingerprint density at radius 1 is 1.38 bits per heavy atom. The van der Waals surface area contributed by atoms with Crippen LogP contribution in [0, 0.1) is 0 Å². The number of hydrogen-bond acceptors (Lipinski definition) is 3. The van der Waals surface area contributed by atoms with Crippen LogP contribution in [0.15, 0.2) is 30.3 Å². The van der Waals surface area contributed by atoms with Crippen LogP contribution >= 0.6 is 11.6 Å². The third kappa shape index (κ3) is 3.65. The first-order valence-corrected chi connectivity index (χ1v) is 6.64. The van der Waals surface area contributed by atoms with E-state index in [-0.39, 0.29) is 17.4 Å². The summed E-state index contributed by atoms with van der Waals surface area (Å²) in [7, 11) is 0. The summed E-state index contributed by atoms with van der Waals surface area (Å²) in [6, 6.07) is 8.57. The highest BCUT2D eigenvalue weighted by atomic mass is 35.5. The number of carbonyl (C=O) groups excluding carboxylic acids is 1. The van der Waals surface area contributed by atoms with E-state index in [9.17, 15) is 13.6 Å². The van der Waals surface area contributed by atoms with Gasteiger partial charge in [-0.15, -0.1) is 0 Å². The third-order valence-electron chi connectivity index (χ3n) is 2.93. The predicted molar refractivity (Wildman–Crippen MR) is 75.7 cm³/mol. The molecule has 1 aromatic carbocycles. The summed E-state index contributed by atoms with van der Waals surface area (Å²) in [5.74, 6) is -0.683. The Labute approximate surface area is 125 Å². The lowest BCUT2D eigenvalue weighted by Gasteiger charge is -2.21. The molecule has 0 aliphatic carbocycles. The Kier molecular flexibility index (Phi) is 5.03. The lowest BCUT2D eigenvalue weighted by molar-refractivity contribution is 0.0504. The lowest BCUT2D eigenvalue weighted by Crippen LogP contribution is -2.37. The summed E-state index contributed by atoms with van der Waals surface area (Å²) in [5, 5.41) is 10.4. The number of rotatable bonds is 5. The first-order valence-electron chi connectivity index (χ1n) is 6.26. The summed E-state index contributed by atoms with van der Waals surface area (Å²) in [5.41, 5.74) is -0.0206. The molecule has 21 heavy (non-hydrogen) atoms. The van der Waals surface area contributed by atoms with Gasteiger partial charge in [0.15, 0.2) is 0 Å². The summed E-state index contributed by atoms with van der Waals surface area (Å²) < 4.78 is 25.0. The number of fused-ring (bicyclic) bond motifs is 1. The number of alkyl halides is 2. The number of aliphatic hydroxyl groups excluding tert-OH is 1. The Bertz CT molecular complexity index is 652. The molecule has 1 N–H and O–H groups in total. The molecular formula is C14H13ClF2N2O2. The van der Waals surface area contributed by atoms with Crippen LogP contribution in [0.1, 0.15) is 10.5 Å². The van der Waals surface area contributed by atoms with Crippen LogP contribution in [-0.2, 0) is 0 Å². The number of benzene rings is 1. The molecule has 112 valence electrons. The van der Waals surface area contributed by atoms with Crippen LogP contribution in [0.4, 0.5) is 8.78 Å². The topological polar surface area (TPSA) is 53.4 Å². The largest absolute Gasteiger partial charge is 0.395 e. The van der Waals surface area contributed by atoms with Crippen molar-refractivity contribution in [2.24, 2.45) is 0 Å². The number of aliphatic hydroxyl groups is 1. The zero-order chi connectivity index (χ0) is 15.4. The van der Waals surface area contributed by atoms with Crippen LogP contribution in [0.25, 0.3) is 10.8 Å². The average molecular weight is 315 g/mol. The number of amides is 1. The second kappa shape index (κ2) is 6.78. The second-order valence-electron chi connectivity index (χ2n) is 4.39. The number of aromatic nitrogens is 1. The minimum absolute atomic E-state index is 0.0206. The van der Waals surface area contributed by atoms with Crippen molar-refractivity contribution in [2.75, 3.05) is 19.7 Å². The number of pyridine rings is 1. The molecule has 0 saturated heterocycles. The van der Waals surface area contributed by atoms with Crippen molar-refractivity contribution in [1.29, 1.82) is 0 Å². The predicted octanol–water partition coefficient (Wildman–Crippen LogP) is 2.59. The highest BCUT2D eigenvalue weighted by Gasteiger charge is 2.21.